The van der Waals surface area contributed by atoms with E-state index in [9.17, 15) is 13.2 Å². The lowest BCUT2D eigenvalue weighted by Crippen LogP contribution is -2.32. The highest BCUT2D eigenvalue weighted by molar-refractivity contribution is 7.87. The van der Waals surface area contributed by atoms with E-state index in [4.69, 9.17) is 4.55 Å². The van der Waals surface area contributed by atoms with E-state index < -0.39 is 27.2 Å². The molecule has 2 rings (SSSR count). The van der Waals surface area contributed by atoms with Crippen LogP contribution in [0.1, 0.15) is 11.5 Å². The Hall–Kier alpha value is -1.40. The largest absolute Gasteiger partial charge is 0.354 e. The molecule has 0 aromatic heterocycles. The standard InChI is InChI=1S/C10H11NO4S/c12-10-9(16(13,14)15)8(6-11-10)7-4-2-1-3-5-7/h1-5,8-9H,6H2,(H,11,12)(H,13,14,15). The van der Waals surface area contributed by atoms with Gasteiger partial charge in [-0.25, -0.2) is 0 Å². The van der Waals surface area contributed by atoms with Gasteiger partial charge in [-0.1, -0.05) is 30.3 Å². The number of nitrogens with one attached hydrogen (secondary N) is 1. The zero-order valence-electron chi connectivity index (χ0n) is 8.33. The van der Waals surface area contributed by atoms with Gasteiger partial charge in [0.1, 0.15) is 0 Å². The molecule has 1 aliphatic heterocycles. The van der Waals surface area contributed by atoms with E-state index >= 15 is 0 Å². The fraction of sp³-hybridized carbons (Fsp3) is 0.300. The molecule has 0 aliphatic carbocycles. The molecule has 0 radical (unpaired) electrons. The number of rotatable bonds is 2. The summed E-state index contributed by atoms with van der Waals surface area (Å²) in [5.74, 6) is -1.17. The summed E-state index contributed by atoms with van der Waals surface area (Å²) < 4.78 is 31.3. The van der Waals surface area contributed by atoms with Crippen LogP contribution in [0.4, 0.5) is 0 Å². The lowest BCUT2D eigenvalue weighted by molar-refractivity contribution is -0.118. The van der Waals surface area contributed by atoms with Gasteiger partial charge in [-0.15, -0.1) is 0 Å². The van der Waals surface area contributed by atoms with E-state index in [1.54, 1.807) is 30.3 Å². The van der Waals surface area contributed by atoms with Crippen molar-refractivity contribution >= 4 is 16.0 Å². The molecule has 86 valence electrons. The number of hydrogen-bond donors (Lipinski definition) is 2. The number of carbonyl (C=O) groups excluding carboxylic acids is 1. The van der Waals surface area contributed by atoms with E-state index in [2.05, 4.69) is 5.32 Å². The third kappa shape index (κ3) is 1.94. The summed E-state index contributed by atoms with van der Waals surface area (Å²) in [4.78, 5) is 11.4. The molecule has 2 atom stereocenters. The average Bonchev–Trinajstić information content (AvgIpc) is 2.61. The van der Waals surface area contributed by atoms with Crippen LogP contribution in [0.25, 0.3) is 0 Å². The van der Waals surface area contributed by atoms with Crippen molar-refractivity contribution in [3.05, 3.63) is 35.9 Å². The van der Waals surface area contributed by atoms with Crippen LogP contribution in [-0.2, 0) is 14.9 Å². The Bertz CT molecular complexity index is 497. The van der Waals surface area contributed by atoms with Gasteiger partial charge in [0.05, 0.1) is 0 Å². The van der Waals surface area contributed by atoms with E-state index in [1.807, 2.05) is 0 Å². The van der Waals surface area contributed by atoms with Gasteiger partial charge < -0.3 is 5.32 Å². The van der Waals surface area contributed by atoms with Gasteiger partial charge in [-0.3, -0.25) is 9.35 Å². The number of hydrogen-bond acceptors (Lipinski definition) is 3. The Balaban J connectivity index is 2.40. The average molecular weight is 241 g/mol. The second-order valence-corrected chi connectivity index (χ2v) is 5.24. The lowest BCUT2D eigenvalue weighted by Gasteiger charge is -2.13. The molecule has 1 aliphatic rings. The highest BCUT2D eigenvalue weighted by Crippen LogP contribution is 2.27. The van der Waals surface area contributed by atoms with Gasteiger partial charge in [-0.2, -0.15) is 8.42 Å². The highest BCUT2D eigenvalue weighted by Gasteiger charge is 2.44. The Morgan fingerprint density at radius 2 is 1.88 bits per heavy atom. The van der Waals surface area contributed by atoms with Crippen molar-refractivity contribution < 1.29 is 17.8 Å². The minimum Gasteiger partial charge on any atom is -0.354 e. The fourth-order valence-corrected chi connectivity index (χ4v) is 2.96. The predicted molar refractivity (Wildman–Crippen MR) is 57.5 cm³/mol. The van der Waals surface area contributed by atoms with Crippen LogP contribution in [0.15, 0.2) is 30.3 Å². The molecule has 1 heterocycles. The Morgan fingerprint density at radius 3 is 2.44 bits per heavy atom. The monoisotopic (exact) mass is 241 g/mol. The second kappa shape index (κ2) is 3.88. The molecule has 0 saturated carbocycles. The first kappa shape index (κ1) is 11.1. The summed E-state index contributed by atoms with van der Waals surface area (Å²) in [5.41, 5.74) is 0.725. The van der Waals surface area contributed by atoms with E-state index in [0.717, 1.165) is 5.56 Å². The fourth-order valence-electron chi connectivity index (χ4n) is 1.94. The van der Waals surface area contributed by atoms with Crippen LogP contribution in [0, 0.1) is 0 Å². The van der Waals surface area contributed by atoms with Crippen molar-refractivity contribution in [1.82, 2.24) is 5.32 Å². The van der Waals surface area contributed by atoms with E-state index in [0.29, 0.717) is 0 Å². The smallest absolute Gasteiger partial charge is 0.277 e. The summed E-state index contributed by atoms with van der Waals surface area (Å²) in [6.45, 7) is 0.229. The third-order valence-electron chi connectivity index (χ3n) is 2.67. The first-order valence-corrected chi connectivity index (χ1v) is 6.29. The minimum absolute atomic E-state index is 0.229. The normalized spacial score (nSPS) is 25.4. The van der Waals surface area contributed by atoms with Crippen molar-refractivity contribution in [2.45, 2.75) is 11.2 Å². The molecule has 16 heavy (non-hydrogen) atoms. The quantitative estimate of drug-likeness (QED) is 0.722. The van der Waals surface area contributed by atoms with Gasteiger partial charge in [0.2, 0.25) is 5.91 Å². The van der Waals surface area contributed by atoms with Crippen LogP contribution in [0.2, 0.25) is 0 Å². The molecule has 2 N–H and O–H groups in total. The first-order valence-electron chi connectivity index (χ1n) is 4.79. The summed E-state index contributed by atoms with van der Waals surface area (Å²) >= 11 is 0. The molecule has 2 unspecified atom stereocenters. The van der Waals surface area contributed by atoms with Crippen molar-refractivity contribution in [1.29, 1.82) is 0 Å². The molecular weight excluding hydrogens is 230 g/mol. The highest BCUT2D eigenvalue weighted by atomic mass is 32.2. The Morgan fingerprint density at radius 1 is 1.25 bits per heavy atom. The van der Waals surface area contributed by atoms with E-state index in [1.165, 1.54) is 0 Å². The molecule has 1 saturated heterocycles. The Kier molecular flexibility index (Phi) is 2.69. The second-order valence-electron chi connectivity index (χ2n) is 3.70. The van der Waals surface area contributed by atoms with Crippen LogP contribution in [0.3, 0.4) is 0 Å². The maximum Gasteiger partial charge on any atom is 0.277 e. The van der Waals surface area contributed by atoms with Crippen LogP contribution in [0.5, 0.6) is 0 Å². The van der Waals surface area contributed by atoms with Crippen molar-refractivity contribution in [2.75, 3.05) is 6.54 Å². The summed E-state index contributed by atoms with van der Waals surface area (Å²) in [6.07, 6.45) is 0. The van der Waals surface area contributed by atoms with Gasteiger partial charge in [-0.05, 0) is 5.56 Å². The topological polar surface area (TPSA) is 83.5 Å². The maximum atomic E-state index is 11.4. The van der Waals surface area contributed by atoms with Gasteiger partial charge in [0.25, 0.3) is 10.1 Å². The molecule has 0 spiro atoms. The first-order chi connectivity index (χ1) is 7.50. The SMILES string of the molecule is O=C1NCC(c2ccccc2)C1S(=O)(=O)O. The summed E-state index contributed by atoms with van der Waals surface area (Å²) in [5, 5.41) is 1.05. The molecular formula is C10H11NO4S. The van der Waals surface area contributed by atoms with Crippen LogP contribution in [-0.4, -0.2) is 30.7 Å². The Labute approximate surface area is 93.2 Å². The molecule has 1 fully saturated rings. The minimum atomic E-state index is -4.36. The summed E-state index contributed by atoms with van der Waals surface area (Å²) in [6, 6.07) is 8.81. The predicted octanol–water partition coefficient (Wildman–Crippen LogP) is 0.156. The lowest BCUT2D eigenvalue weighted by atomic mass is 9.98. The van der Waals surface area contributed by atoms with Gasteiger partial charge in [0, 0.05) is 12.5 Å². The van der Waals surface area contributed by atoms with Gasteiger partial charge in [0.15, 0.2) is 5.25 Å². The zero-order valence-corrected chi connectivity index (χ0v) is 9.15. The third-order valence-corrected chi connectivity index (χ3v) is 3.85. The van der Waals surface area contributed by atoms with Crippen molar-refractivity contribution in [3.63, 3.8) is 0 Å². The van der Waals surface area contributed by atoms with Crippen molar-refractivity contribution in [3.8, 4) is 0 Å². The number of carbonyl (C=O) groups is 1. The number of benzene rings is 1. The molecule has 5 nitrogen and oxygen atoms in total. The van der Waals surface area contributed by atoms with Crippen LogP contribution < -0.4 is 5.32 Å². The molecule has 1 aromatic carbocycles. The number of amides is 1. The molecule has 6 heteroatoms. The zero-order chi connectivity index (χ0) is 11.8. The molecule has 1 aromatic rings. The van der Waals surface area contributed by atoms with Crippen molar-refractivity contribution in [2.24, 2.45) is 0 Å². The summed E-state index contributed by atoms with van der Waals surface area (Å²) in [7, 11) is -4.36. The molecule has 1 amide bonds. The van der Waals surface area contributed by atoms with Gasteiger partial charge >= 0.3 is 0 Å². The molecule has 0 bridgehead atoms. The van der Waals surface area contributed by atoms with Crippen LogP contribution >= 0.6 is 0 Å². The maximum absolute atomic E-state index is 11.4. The van der Waals surface area contributed by atoms with E-state index in [-0.39, 0.29) is 6.54 Å².